The van der Waals surface area contributed by atoms with Gasteiger partial charge in [-0.3, -0.25) is 14.4 Å². The van der Waals surface area contributed by atoms with Crippen LogP contribution in [-0.4, -0.2) is 60.4 Å². The minimum atomic E-state index is -3.05. The Morgan fingerprint density at radius 2 is 1.81 bits per heavy atom. The van der Waals surface area contributed by atoms with E-state index in [0.29, 0.717) is 24.3 Å². The molecule has 0 radical (unpaired) electrons. The normalized spacial score (nSPS) is 24.3. The summed E-state index contributed by atoms with van der Waals surface area (Å²) in [4.78, 5) is 29.1. The second-order valence-corrected chi connectivity index (χ2v) is 12.5. The van der Waals surface area contributed by atoms with Crippen LogP contribution >= 0.6 is 0 Å². The van der Waals surface area contributed by atoms with Gasteiger partial charge < -0.3 is 9.64 Å². The van der Waals surface area contributed by atoms with Gasteiger partial charge in [0.25, 0.3) is 0 Å². The van der Waals surface area contributed by atoms with Crippen LogP contribution in [0.5, 0.6) is 0 Å². The van der Waals surface area contributed by atoms with Gasteiger partial charge in [0.1, 0.15) is 6.10 Å². The molecule has 1 saturated heterocycles. The van der Waals surface area contributed by atoms with Crippen molar-refractivity contribution in [2.75, 3.05) is 27.9 Å². The number of rotatable bonds is 3. The summed E-state index contributed by atoms with van der Waals surface area (Å²) in [6, 6.07) is 5.32. The molecule has 5 rings (SSSR count). The number of benzene rings is 1. The van der Waals surface area contributed by atoms with Crippen molar-refractivity contribution in [1.82, 2.24) is 9.78 Å². The van der Waals surface area contributed by atoms with Crippen LogP contribution in [0.1, 0.15) is 64.8 Å². The van der Waals surface area contributed by atoms with Crippen LogP contribution in [0.25, 0.3) is 11.1 Å². The second-order valence-electron chi connectivity index (χ2n) is 10.3. The van der Waals surface area contributed by atoms with Gasteiger partial charge in [-0.05, 0) is 63.1 Å². The molecule has 1 aliphatic carbocycles. The molecule has 2 atom stereocenters. The minimum Gasteiger partial charge on any atom is -0.446 e. The maximum Gasteiger partial charge on any atom is 0.414 e. The van der Waals surface area contributed by atoms with Crippen molar-refractivity contribution in [1.29, 1.82) is 0 Å². The molecular weight excluding hydrogens is 480 g/mol. The molecule has 1 aromatic carbocycles. The number of carbonyl (C=O) groups is 2. The third kappa shape index (κ3) is 5.00. The van der Waals surface area contributed by atoms with Crippen LogP contribution < -0.4 is 9.80 Å². The molecular formula is C26H34N4O5S. The summed E-state index contributed by atoms with van der Waals surface area (Å²) in [5.41, 5.74) is 2.98. The lowest BCUT2D eigenvalue weighted by Gasteiger charge is -2.41. The number of nitrogens with zero attached hydrogens (tertiary/aromatic N) is 4. The second kappa shape index (κ2) is 9.88. The predicted molar refractivity (Wildman–Crippen MR) is 138 cm³/mol. The smallest absolute Gasteiger partial charge is 0.414 e. The van der Waals surface area contributed by atoms with Crippen molar-refractivity contribution in [2.45, 2.75) is 77.0 Å². The molecule has 3 heterocycles. The number of hydrogen-bond donors (Lipinski definition) is 0. The fourth-order valence-electron chi connectivity index (χ4n) is 5.74. The Morgan fingerprint density at radius 3 is 2.53 bits per heavy atom. The van der Waals surface area contributed by atoms with Crippen molar-refractivity contribution < 1.29 is 22.7 Å². The summed E-state index contributed by atoms with van der Waals surface area (Å²) in [5.74, 6) is 0.258. The molecule has 0 spiro atoms. The molecule has 2 amide bonds. The van der Waals surface area contributed by atoms with Crippen LogP contribution in [0.15, 0.2) is 30.6 Å². The van der Waals surface area contributed by atoms with Crippen LogP contribution in [-0.2, 0) is 19.4 Å². The van der Waals surface area contributed by atoms with E-state index in [1.165, 1.54) is 13.3 Å². The Bertz CT molecular complexity index is 1250. The van der Waals surface area contributed by atoms with E-state index in [2.05, 4.69) is 5.10 Å². The lowest BCUT2D eigenvalue weighted by molar-refractivity contribution is -0.117. The standard InChI is InChI=1S/C26H34N4O5S/c1-18-15-28(26(32)35-23-8-4-3-5-9-23)25-13-20(10-11-24(25)30(18)19(2)31)21-14-27-29(16-21)22-7-6-12-36(33,34)17-22/h10-11,13-14,16,18,22-23H,3-9,12,15,17H2,1-2H3/t18-,22?/m0/s1. The summed E-state index contributed by atoms with van der Waals surface area (Å²) in [7, 11) is -3.05. The van der Waals surface area contributed by atoms with Crippen LogP contribution in [0.4, 0.5) is 16.2 Å². The van der Waals surface area contributed by atoms with Crippen LogP contribution in [0.2, 0.25) is 0 Å². The van der Waals surface area contributed by atoms with Gasteiger partial charge >= 0.3 is 6.09 Å². The number of anilines is 2. The topological polar surface area (TPSA) is 102 Å². The average Bonchev–Trinajstić information content (AvgIpc) is 3.33. The molecule has 36 heavy (non-hydrogen) atoms. The van der Waals surface area contributed by atoms with Crippen LogP contribution in [0.3, 0.4) is 0 Å². The van der Waals surface area contributed by atoms with E-state index in [9.17, 15) is 18.0 Å². The van der Waals surface area contributed by atoms with Gasteiger partial charge in [-0.15, -0.1) is 0 Å². The Kier molecular flexibility index (Phi) is 6.80. The summed E-state index contributed by atoms with van der Waals surface area (Å²) >= 11 is 0. The number of aromatic nitrogens is 2. The van der Waals surface area contributed by atoms with E-state index in [0.717, 1.165) is 43.2 Å². The number of ether oxygens (including phenoxy) is 1. The van der Waals surface area contributed by atoms with Crippen molar-refractivity contribution in [3.05, 3.63) is 30.6 Å². The average molecular weight is 515 g/mol. The fourth-order valence-corrected chi connectivity index (χ4v) is 7.42. The molecule has 1 unspecified atom stereocenters. The molecule has 0 N–H and O–H groups in total. The third-order valence-corrected chi connectivity index (χ3v) is 9.34. The SMILES string of the molecule is CC(=O)N1c2ccc(-c3cnn(C4CCCS(=O)(=O)C4)c3)cc2N(C(=O)OC2CCCCC2)C[C@@H]1C. The van der Waals surface area contributed by atoms with Gasteiger partial charge in [-0.2, -0.15) is 5.10 Å². The summed E-state index contributed by atoms with van der Waals surface area (Å²) in [6.07, 6.45) is 9.65. The number of amides is 2. The minimum absolute atomic E-state index is 0.0657. The highest BCUT2D eigenvalue weighted by atomic mass is 32.2. The van der Waals surface area contributed by atoms with Gasteiger partial charge in [0.15, 0.2) is 9.84 Å². The number of sulfone groups is 1. The Hall–Kier alpha value is -2.88. The van der Waals surface area contributed by atoms with Crippen molar-refractivity contribution in [3.8, 4) is 11.1 Å². The monoisotopic (exact) mass is 514 g/mol. The molecule has 2 aromatic rings. The molecule has 2 fully saturated rings. The lowest BCUT2D eigenvalue weighted by Crippen LogP contribution is -2.52. The highest BCUT2D eigenvalue weighted by Crippen LogP contribution is 2.40. The van der Waals surface area contributed by atoms with E-state index < -0.39 is 9.84 Å². The zero-order chi connectivity index (χ0) is 25.4. The number of fused-ring (bicyclic) bond motifs is 1. The summed E-state index contributed by atoms with van der Waals surface area (Å²) in [6.45, 7) is 3.81. The van der Waals surface area contributed by atoms with Gasteiger partial charge in [0, 0.05) is 25.2 Å². The van der Waals surface area contributed by atoms with Crippen LogP contribution in [0, 0.1) is 0 Å². The zero-order valence-electron chi connectivity index (χ0n) is 20.9. The van der Waals surface area contributed by atoms with Crippen molar-refractivity contribution >= 4 is 33.2 Å². The van der Waals surface area contributed by atoms with E-state index >= 15 is 0 Å². The molecule has 9 nitrogen and oxygen atoms in total. The first kappa shape index (κ1) is 24.8. The molecule has 10 heteroatoms. The van der Waals surface area contributed by atoms with Gasteiger partial charge in [0.05, 0.1) is 41.2 Å². The number of hydrogen-bond acceptors (Lipinski definition) is 6. The Morgan fingerprint density at radius 1 is 1.03 bits per heavy atom. The van der Waals surface area contributed by atoms with Gasteiger partial charge in [0.2, 0.25) is 5.91 Å². The van der Waals surface area contributed by atoms with E-state index in [1.807, 2.05) is 31.3 Å². The van der Waals surface area contributed by atoms with Gasteiger partial charge in [-0.25, -0.2) is 13.2 Å². The molecule has 3 aliphatic rings. The molecule has 2 aliphatic heterocycles. The predicted octanol–water partition coefficient (Wildman–Crippen LogP) is 4.33. The lowest BCUT2D eigenvalue weighted by atomic mass is 9.98. The highest BCUT2D eigenvalue weighted by Gasteiger charge is 2.36. The summed E-state index contributed by atoms with van der Waals surface area (Å²) < 4.78 is 31.8. The van der Waals surface area contributed by atoms with Crippen molar-refractivity contribution in [3.63, 3.8) is 0 Å². The quantitative estimate of drug-likeness (QED) is 0.604. The maximum absolute atomic E-state index is 13.3. The Labute approximate surface area is 212 Å². The molecule has 0 bridgehead atoms. The zero-order valence-corrected chi connectivity index (χ0v) is 21.7. The van der Waals surface area contributed by atoms with Gasteiger partial charge in [-0.1, -0.05) is 12.5 Å². The molecule has 1 saturated carbocycles. The third-order valence-electron chi connectivity index (χ3n) is 7.54. The van der Waals surface area contributed by atoms with E-state index in [-0.39, 0.29) is 41.7 Å². The first-order chi connectivity index (χ1) is 17.2. The first-order valence-corrected chi connectivity index (χ1v) is 14.7. The molecule has 194 valence electrons. The maximum atomic E-state index is 13.3. The largest absolute Gasteiger partial charge is 0.446 e. The van der Waals surface area contributed by atoms with E-state index in [4.69, 9.17) is 4.74 Å². The first-order valence-electron chi connectivity index (χ1n) is 12.9. The highest BCUT2D eigenvalue weighted by molar-refractivity contribution is 7.91. The number of carbonyl (C=O) groups excluding carboxylic acids is 2. The molecule has 1 aromatic heterocycles. The summed E-state index contributed by atoms with van der Waals surface area (Å²) in [5, 5.41) is 4.46. The van der Waals surface area contributed by atoms with E-state index in [1.54, 1.807) is 20.7 Å². The fraction of sp³-hybridized carbons (Fsp3) is 0.577. The Balaban J connectivity index is 1.45. The van der Waals surface area contributed by atoms with Crippen molar-refractivity contribution in [2.24, 2.45) is 0 Å².